The lowest BCUT2D eigenvalue weighted by Gasteiger charge is -2.04. The Morgan fingerprint density at radius 2 is 2.00 bits per heavy atom. The quantitative estimate of drug-likeness (QED) is 0.652. The number of hydrogen-bond donors (Lipinski definition) is 2. The van der Waals surface area contributed by atoms with Crippen LogP contribution < -0.4 is 20.1 Å². The molecule has 2 aliphatic heterocycles. The van der Waals surface area contributed by atoms with Gasteiger partial charge in [-0.25, -0.2) is 4.79 Å². The van der Waals surface area contributed by atoms with Crippen molar-refractivity contribution in [3.63, 3.8) is 0 Å². The molecule has 0 spiro atoms. The standard InChI is InChI=1S/C16H11N3O5/c20-15-14(10-3-1-2-4-11(10)18-15)19-24-16(21)17-9-5-6-12-13(7-9)23-8-22-12/h1-7H,8H2,(H,17,21)(H,18,19,20). The zero-order chi connectivity index (χ0) is 16.5. The molecule has 0 aliphatic carbocycles. The molecule has 0 fully saturated rings. The summed E-state index contributed by atoms with van der Waals surface area (Å²) in [6, 6.07) is 11.9. The van der Waals surface area contributed by atoms with Gasteiger partial charge in [-0.2, -0.15) is 0 Å². The van der Waals surface area contributed by atoms with Crippen molar-refractivity contribution in [1.29, 1.82) is 0 Å². The molecule has 2 N–H and O–H groups in total. The van der Waals surface area contributed by atoms with Gasteiger partial charge in [-0.1, -0.05) is 23.4 Å². The Morgan fingerprint density at radius 1 is 1.17 bits per heavy atom. The SMILES string of the molecule is O=C(Nc1ccc2c(c1)OCO2)ON=C1C(=O)Nc2ccccc21. The van der Waals surface area contributed by atoms with Gasteiger partial charge in [-0.05, 0) is 18.2 Å². The number of oxime groups is 1. The third kappa shape index (κ3) is 2.50. The Balaban J connectivity index is 1.46. The number of carbonyl (C=O) groups excluding carboxylic acids is 2. The van der Waals surface area contributed by atoms with Gasteiger partial charge in [0.05, 0.1) is 5.69 Å². The zero-order valence-corrected chi connectivity index (χ0v) is 12.2. The summed E-state index contributed by atoms with van der Waals surface area (Å²) in [5, 5.41) is 8.79. The van der Waals surface area contributed by atoms with Gasteiger partial charge >= 0.3 is 6.09 Å². The van der Waals surface area contributed by atoms with E-state index >= 15 is 0 Å². The highest BCUT2D eigenvalue weighted by Gasteiger charge is 2.26. The number of para-hydroxylation sites is 1. The lowest BCUT2D eigenvalue weighted by molar-refractivity contribution is -0.110. The summed E-state index contributed by atoms with van der Waals surface area (Å²) in [7, 11) is 0. The molecule has 0 radical (unpaired) electrons. The number of amides is 2. The predicted molar refractivity (Wildman–Crippen MR) is 84.3 cm³/mol. The van der Waals surface area contributed by atoms with Crippen LogP contribution in [0, 0.1) is 0 Å². The van der Waals surface area contributed by atoms with Gasteiger partial charge in [-0.3, -0.25) is 14.9 Å². The molecule has 2 heterocycles. The van der Waals surface area contributed by atoms with E-state index in [1.54, 1.807) is 42.5 Å². The molecule has 4 rings (SSSR count). The Morgan fingerprint density at radius 3 is 2.92 bits per heavy atom. The molecule has 0 bridgehead atoms. The zero-order valence-electron chi connectivity index (χ0n) is 12.2. The summed E-state index contributed by atoms with van der Waals surface area (Å²) in [6.45, 7) is 0.144. The summed E-state index contributed by atoms with van der Waals surface area (Å²) in [5.74, 6) is 0.712. The minimum Gasteiger partial charge on any atom is -0.454 e. The van der Waals surface area contributed by atoms with Crippen molar-refractivity contribution in [3.05, 3.63) is 48.0 Å². The van der Waals surface area contributed by atoms with Crippen molar-refractivity contribution in [2.45, 2.75) is 0 Å². The van der Waals surface area contributed by atoms with E-state index in [9.17, 15) is 9.59 Å². The van der Waals surface area contributed by atoms with Gasteiger partial charge in [-0.15, -0.1) is 0 Å². The number of nitrogens with zero attached hydrogens (tertiary/aromatic N) is 1. The second-order valence-corrected chi connectivity index (χ2v) is 5.01. The number of rotatable bonds is 2. The fraction of sp³-hybridized carbons (Fsp3) is 0.0625. The van der Waals surface area contributed by atoms with Crippen molar-refractivity contribution in [1.82, 2.24) is 0 Å². The number of benzene rings is 2. The van der Waals surface area contributed by atoms with E-state index in [-0.39, 0.29) is 12.5 Å². The van der Waals surface area contributed by atoms with Crippen LogP contribution in [-0.4, -0.2) is 24.5 Å². The van der Waals surface area contributed by atoms with Gasteiger partial charge < -0.3 is 14.8 Å². The van der Waals surface area contributed by atoms with Crippen LogP contribution in [-0.2, 0) is 9.63 Å². The number of anilines is 2. The molecule has 0 aromatic heterocycles. The molecule has 0 saturated heterocycles. The van der Waals surface area contributed by atoms with Crippen molar-refractivity contribution in [2.24, 2.45) is 5.16 Å². The highest BCUT2D eigenvalue weighted by Crippen LogP contribution is 2.34. The fourth-order valence-corrected chi connectivity index (χ4v) is 2.40. The van der Waals surface area contributed by atoms with E-state index < -0.39 is 12.0 Å². The first-order valence-corrected chi connectivity index (χ1v) is 7.07. The number of ether oxygens (including phenoxy) is 2. The summed E-state index contributed by atoms with van der Waals surface area (Å²) in [6.07, 6.45) is -0.821. The minimum atomic E-state index is -0.821. The molecular weight excluding hydrogens is 314 g/mol. The smallest absolute Gasteiger partial charge is 0.437 e. The average molecular weight is 325 g/mol. The van der Waals surface area contributed by atoms with Crippen molar-refractivity contribution in [2.75, 3.05) is 17.4 Å². The van der Waals surface area contributed by atoms with Crippen LogP contribution in [0.2, 0.25) is 0 Å². The molecule has 8 heteroatoms. The molecule has 2 aliphatic rings. The van der Waals surface area contributed by atoms with Gasteiger partial charge in [0.25, 0.3) is 5.91 Å². The van der Waals surface area contributed by atoms with Crippen molar-refractivity contribution in [3.8, 4) is 11.5 Å². The number of hydrogen-bond acceptors (Lipinski definition) is 6. The maximum atomic E-state index is 11.8. The Bertz CT molecular complexity index is 878. The number of carbonyl (C=O) groups is 2. The van der Waals surface area contributed by atoms with Gasteiger partial charge in [0.1, 0.15) is 0 Å². The van der Waals surface area contributed by atoms with Gasteiger partial charge in [0.2, 0.25) is 6.79 Å². The van der Waals surface area contributed by atoms with E-state index in [2.05, 4.69) is 15.8 Å². The van der Waals surface area contributed by atoms with Crippen LogP contribution >= 0.6 is 0 Å². The molecule has 120 valence electrons. The molecule has 2 aromatic carbocycles. The second-order valence-electron chi connectivity index (χ2n) is 5.01. The Kier molecular flexibility index (Phi) is 3.27. The molecule has 0 unspecified atom stereocenters. The third-order valence-electron chi connectivity index (χ3n) is 3.48. The van der Waals surface area contributed by atoms with Crippen LogP contribution in [0.25, 0.3) is 0 Å². The van der Waals surface area contributed by atoms with E-state index in [0.717, 1.165) is 0 Å². The maximum absolute atomic E-state index is 11.8. The summed E-state index contributed by atoms with van der Waals surface area (Å²) in [4.78, 5) is 28.5. The van der Waals surface area contributed by atoms with Gasteiger partial charge in [0.15, 0.2) is 17.2 Å². The summed E-state index contributed by atoms with van der Waals surface area (Å²) in [5.41, 5.74) is 1.71. The van der Waals surface area contributed by atoms with E-state index in [4.69, 9.17) is 14.3 Å². The molecule has 2 aromatic rings. The largest absolute Gasteiger partial charge is 0.454 e. The molecule has 0 atom stereocenters. The Labute approximate surface area is 136 Å². The van der Waals surface area contributed by atoms with Crippen LogP contribution in [0.3, 0.4) is 0 Å². The van der Waals surface area contributed by atoms with E-state index in [0.29, 0.717) is 28.4 Å². The molecule has 0 saturated carbocycles. The first-order valence-electron chi connectivity index (χ1n) is 7.07. The lowest BCUT2D eigenvalue weighted by atomic mass is 10.1. The first kappa shape index (κ1) is 14.1. The van der Waals surface area contributed by atoms with E-state index in [1.165, 1.54) is 0 Å². The second kappa shape index (κ2) is 5.58. The normalized spacial score (nSPS) is 15.8. The molecule has 2 amide bonds. The topological polar surface area (TPSA) is 98.2 Å². The highest BCUT2D eigenvalue weighted by atomic mass is 16.7. The Hall–Kier alpha value is -3.55. The minimum absolute atomic E-state index is 0.0476. The van der Waals surface area contributed by atoms with Crippen LogP contribution in [0.1, 0.15) is 5.56 Å². The summed E-state index contributed by atoms with van der Waals surface area (Å²) < 4.78 is 10.4. The fourth-order valence-electron chi connectivity index (χ4n) is 2.40. The highest BCUT2D eigenvalue weighted by molar-refractivity contribution is 6.53. The van der Waals surface area contributed by atoms with Crippen molar-refractivity contribution < 1.29 is 23.9 Å². The lowest BCUT2D eigenvalue weighted by Crippen LogP contribution is -2.17. The summed E-state index contributed by atoms with van der Waals surface area (Å²) >= 11 is 0. The molecular formula is C16H11N3O5. The predicted octanol–water partition coefficient (Wildman–Crippen LogP) is 2.32. The van der Waals surface area contributed by atoms with Crippen LogP contribution in [0.4, 0.5) is 16.2 Å². The molecule has 8 nitrogen and oxygen atoms in total. The molecule has 24 heavy (non-hydrogen) atoms. The van der Waals surface area contributed by atoms with E-state index in [1.807, 2.05) is 0 Å². The van der Waals surface area contributed by atoms with Crippen molar-refractivity contribution >= 4 is 29.1 Å². The first-order chi connectivity index (χ1) is 11.7. The van der Waals surface area contributed by atoms with Crippen LogP contribution in [0.15, 0.2) is 47.6 Å². The number of nitrogens with one attached hydrogen (secondary N) is 2. The average Bonchev–Trinajstić information content (AvgIpc) is 3.16. The maximum Gasteiger partial charge on any atom is 0.437 e. The van der Waals surface area contributed by atoms with Crippen LogP contribution in [0.5, 0.6) is 11.5 Å². The number of fused-ring (bicyclic) bond motifs is 2. The third-order valence-corrected chi connectivity index (χ3v) is 3.48. The van der Waals surface area contributed by atoms with Gasteiger partial charge in [0, 0.05) is 17.3 Å². The monoisotopic (exact) mass is 325 g/mol.